The molecule has 2 aromatic rings. The second-order valence-electron chi connectivity index (χ2n) is 4.77. The Morgan fingerprint density at radius 3 is 2.48 bits per heavy atom. The summed E-state index contributed by atoms with van der Waals surface area (Å²) in [7, 11) is 1.43. The van der Waals surface area contributed by atoms with Gasteiger partial charge in [-0.25, -0.2) is 4.39 Å². The molecule has 21 heavy (non-hydrogen) atoms. The zero-order chi connectivity index (χ0) is 14.8. The van der Waals surface area contributed by atoms with E-state index in [2.05, 4.69) is 0 Å². The summed E-state index contributed by atoms with van der Waals surface area (Å²) >= 11 is 0. The molecule has 1 aliphatic heterocycles. The fourth-order valence-electron chi connectivity index (χ4n) is 2.32. The van der Waals surface area contributed by atoms with Crippen molar-refractivity contribution < 1.29 is 18.6 Å². The van der Waals surface area contributed by atoms with Crippen LogP contribution in [0.3, 0.4) is 0 Å². The molecular weight excluding hydrogens is 273 g/mol. The van der Waals surface area contributed by atoms with Crippen molar-refractivity contribution in [1.82, 2.24) is 0 Å². The molecule has 2 N–H and O–H groups in total. The Labute approximate surface area is 122 Å². The Hall–Kier alpha value is -2.27. The van der Waals surface area contributed by atoms with Gasteiger partial charge >= 0.3 is 0 Å². The summed E-state index contributed by atoms with van der Waals surface area (Å²) in [6.45, 7) is 1.07. The summed E-state index contributed by atoms with van der Waals surface area (Å²) in [5.74, 6) is 1.17. The van der Waals surface area contributed by atoms with Crippen molar-refractivity contribution in [3.8, 4) is 17.2 Å². The summed E-state index contributed by atoms with van der Waals surface area (Å²) in [5, 5.41) is 0. The van der Waals surface area contributed by atoms with Crippen LogP contribution in [0.25, 0.3) is 0 Å². The number of methoxy groups -OCH3 is 1. The minimum absolute atomic E-state index is 0.181. The van der Waals surface area contributed by atoms with Gasteiger partial charge in [0.05, 0.1) is 13.2 Å². The van der Waals surface area contributed by atoms with Crippen LogP contribution in [-0.2, 0) is 0 Å². The van der Waals surface area contributed by atoms with Crippen molar-refractivity contribution in [2.24, 2.45) is 5.73 Å². The first-order valence-electron chi connectivity index (χ1n) is 6.67. The van der Waals surface area contributed by atoms with Gasteiger partial charge in [-0.3, -0.25) is 0 Å². The molecule has 0 aromatic heterocycles. The van der Waals surface area contributed by atoms with Gasteiger partial charge < -0.3 is 19.9 Å². The predicted octanol–water partition coefficient (Wildman–Crippen LogP) is 2.65. The summed E-state index contributed by atoms with van der Waals surface area (Å²) in [4.78, 5) is 0. The van der Waals surface area contributed by atoms with Crippen LogP contribution in [0.15, 0.2) is 36.4 Å². The van der Waals surface area contributed by atoms with Gasteiger partial charge in [-0.2, -0.15) is 0 Å². The molecule has 1 atom stereocenters. The van der Waals surface area contributed by atoms with Crippen LogP contribution in [0.5, 0.6) is 17.2 Å². The molecule has 0 saturated heterocycles. The third-order valence-corrected chi connectivity index (χ3v) is 3.46. The second kappa shape index (κ2) is 5.61. The van der Waals surface area contributed by atoms with Crippen LogP contribution >= 0.6 is 0 Å². The first-order chi connectivity index (χ1) is 10.2. The zero-order valence-corrected chi connectivity index (χ0v) is 11.6. The highest BCUT2D eigenvalue weighted by molar-refractivity contribution is 5.47. The summed E-state index contributed by atoms with van der Waals surface area (Å²) in [5.41, 5.74) is 7.89. The summed E-state index contributed by atoms with van der Waals surface area (Å²) in [6.07, 6.45) is 0. The minimum Gasteiger partial charge on any atom is -0.494 e. The Balaban J connectivity index is 1.92. The summed E-state index contributed by atoms with van der Waals surface area (Å²) < 4.78 is 29.5. The third-order valence-electron chi connectivity index (χ3n) is 3.46. The Morgan fingerprint density at radius 1 is 1.05 bits per heavy atom. The number of hydrogen-bond donors (Lipinski definition) is 1. The molecule has 4 nitrogen and oxygen atoms in total. The van der Waals surface area contributed by atoms with Crippen molar-refractivity contribution >= 4 is 0 Å². The fourth-order valence-corrected chi connectivity index (χ4v) is 2.32. The van der Waals surface area contributed by atoms with Crippen LogP contribution in [0, 0.1) is 5.82 Å². The van der Waals surface area contributed by atoms with Gasteiger partial charge in [-0.1, -0.05) is 12.1 Å². The highest BCUT2D eigenvalue weighted by Gasteiger charge is 2.17. The molecule has 0 bridgehead atoms. The molecule has 0 spiro atoms. The SMILES string of the molecule is COc1cc(C(N)c2ccc3c(c2)OCCO3)ccc1F. The van der Waals surface area contributed by atoms with Crippen LogP contribution in [-0.4, -0.2) is 20.3 Å². The lowest BCUT2D eigenvalue weighted by atomic mass is 9.99. The lowest BCUT2D eigenvalue weighted by Crippen LogP contribution is -2.17. The Kier molecular flexibility index (Phi) is 3.66. The smallest absolute Gasteiger partial charge is 0.165 e. The highest BCUT2D eigenvalue weighted by atomic mass is 19.1. The molecule has 0 amide bonds. The van der Waals surface area contributed by atoms with Crippen LogP contribution in [0.1, 0.15) is 17.2 Å². The van der Waals surface area contributed by atoms with Crippen molar-refractivity contribution in [2.45, 2.75) is 6.04 Å². The normalized spacial score (nSPS) is 14.6. The lowest BCUT2D eigenvalue weighted by Gasteiger charge is -2.21. The van der Waals surface area contributed by atoms with Crippen LogP contribution in [0.4, 0.5) is 4.39 Å². The monoisotopic (exact) mass is 289 g/mol. The molecular formula is C16H16FNO3. The first-order valence-corrected chi connectivity index (χ1v) is 6.67. The van der Waals surface area contributed by atoms with Crippen molar-refractivity contribution in [2.75, 3.05) is 20.3 Å². The number of rotatable bonds is 3. The number of benzene rings is 2. The van der Waals surface area contributed by atoms with Gasteiger partial charge in [-0.05, 0) is 35.4 Å². The van der Waals surface area contributed by atoms with E-state index < -0.39 is 11.9 Å². The van der Waals surface area contributed by atoms with Crippen molar-refractivity contribution in [3.05, 3.63) is 53.3 Å². The third kappa shape index (κ3) is 2.64. The van der Waals surface area contributed by atoms with Gasteiger partial charge in [0.25, 0.3) is 0 Å². The van der Waals surface area contributed by atoms with Crippen molar-refractivity contribution in [3.63, 3.8) is 0 Å². The molecule has 110 valence electrons. The fraction of sp³-hybridized carbons (Fsp3) is 0.250. The molecule has 0 saturated carbocycles. The zero-order valence-electron chi connectivity index (χ0n) is 11.6. The molecule has 1 unspecified atom stereocenters. The van der Waals surface area contributed by atoms with Gasteiger partial charge in [0.2, 0.25) is 0 Å². The van der Waals surface area contributed by atoms with Crippen LogP contribution < -0.4 is 19.9 Å². The van der Waals surface area contributed by atoms with E-state index in [0.717, 1.165) is 11.1 Å². The molecule has 0 radical (unpaired) electrons. The quantitative estimate of drug-likeness (QED) is 0.944. The van der Waals surface area contributed by atoms with Gasteiger partial charge in [0, 0.05) is 0 Å². The number of halogens is 1. The number of hydrogen-bond acceptors (Lipinski definition) is 4. The number of ether oxygens (including phenoxy) is 3. The Morgan fingerprint density at radius 2 is 1.71 bits per heavy atom. The van der Waals surface area contributed by atoms with Gasteiger partial charge in [0.1, 0.15) is 13.2 Å². The first kappa shape index (κ1) is 13.7. The lowest BCUT2D eigenvalue weighted by molar-refractivity contribution is 0.171. The molecule has 0 aliphatic carbocycles. The standard InChI is InChI=1S/C16H16FNO3/c1-19-14-8-10(2-4-12(14)17)16(18)11-3-5-13-15(9-11)21-7-6-20-13/h2-5,8-9,16H,6-7,18H2,1H3. The van der Waals surface area contributed by atoms with E-state index >= 15 is 0 Å². The second-order valence-corrected chi connectivity index (χ2v) is 4.77. The van der Waals surface area contributed by atoms with E-state index in [-0.39, 0.29) is 5.75 Å². The average molecular weight is 289 g/mol. The summed E-state index contributed by atoms with van der Waals surface area (Å²) in [6, 6.07) is 9.80. The van der Waals surface area contributed by atoms with E-state index in [9.17, 15) is 4.39 Å². The largest absolute Gasteiger partial charge is 0.494 e. The van der Waals surface area contributed by atoms with E-state index in [1.165, 1.54) is 13.2 Å². The minimum atomic E-state index is -0.407. The maximum atomic E-state index is 13.5. The topological polar surface area (TPSA) is 53.7 Å². The van der Waals surface area contributed by atoms with Gasteiger partial charge in [0.15, 0.2) is 23.1 Å². The molecule has 2 aromatic carbocycles. The maximum absolute atomic E-state index is 13.5. The van der Waals surface area contributed by atoms with E-state index in [4.69, 9.17) is 19.9 Å². The number of nitrogens with two attached hydrogens (primary N) is 1. The van der Waals surface area contributed by atoms with E-state index in [1.54, 1.807) is 12.1 Å². The molecule has 1 aliphatic rings. The predicted molar refractivity (Wildman–Crippen MR) is 76.4 cm³/mol. The Bertz CT molecular complexity index is 660. The molecule has 0 fully saturated rings. The number of fused-ring (bicyclic) bond motifs is 1. The van der Waals surface area contributed by atoms with E-state index in [0.29, 0.717) is 24.7 Å². The molecule has 5 heteroatoms. The van der Waals surface area contributed by atoms with Gasteiger partial charge in [-0.15, -0.1) is 0 Å². The van der Waals surface area contributed by atoms with Crippen molar-refractivity contribution in [1.29, 1.82) is 0 Å². The van der Waals surface area contributed by atoms with Crippen LogP contribution in [0.2, 0.25) is 0 Å². The molecule has 1 heterocycles. The molecule has 3 rings (SSSR count). The highest BCUT2D eigenvalue weighted by Crippen LogP contribution is 2.34. The maximum Gasteiger partial charge on any atom is 0.165 e. The average Bonchev–Trinajstić information content (AvgIpc) is 2.54. The van der Waals surface area contributed by atoms with E-state index in [1.807, 2.05) is 18.2 Å².